The molecule has 0 saturated heterocycles. The van der Waals surface area contributed by atoms with Crippen LogP contribution < -0.4 is 5.76 Å². The van der Waals surface area contributed by atoms with Crippen LogP contribution in [0.4, 0.5) is 13.2 Å². The van der Waals surface area contributed by atoms with Crippen LogP contribution in [-0.2, 0) is 18.5 Å². The minimum absolute atomic E-state index is 0.141. The number of fused-ring (bicyclic) bond motifs is 3. The highest BCUT2D eigenvalue weighted by molar-refractivity contribution is 5.80. The molecule has 2 heterocycles. The van der Waals surface area contributed by atoms with Crippen LogP contribution in [0.2, 0.25) is 0 Å². The molecule has 1 aliphatic rings. The monoisotopic (exact) mass is 528 g/mol. The molecule has 0 saturated carbocycles. The highest BCUT2D eigenvalue weighted by Crippen LogP contribution is 2.43. The highest BCUT2D eigenvalue weighted by Gasteiger charge is 2.42. The molecule has 0 spiro atoms. The summed E-state index contributed by atoms with van der Waals surface area (Å²) in [5, 5.41) is 0. The van der Waals surface area contributed by atoms with E-state index >= 15 is 0 Å². The van der Waals surface area contributed by atoms with Gasteiger partial charge in [-0.25, -0.2) is 4.79 Å². The Kier molecular flexibility index (Phi) is 6.19. The number of hydrogen-bond donors (Lipinski definition) is 0. The molecule has 5 aromatic rings. The van der Waals surface area contributed by atoms with E-state index in [4.69, 9.17) is 4.42 Å². The van der Waals surface area contributed by atoms with Crippen LogP contribution in [0, 0.1) is 0 Å². The van der Waals surface area contributed by atoms with Crippen molar-refractivity contribution in [3.8, 4) is 0 Å². The highest BCUT2D eigenvalue weighted by atomic mass is 19.4. The summed E-state index contributed by atoms with van der Waals surface area (Å²) >= 11 is 0. The summed E-state index contributed by atoms with van der Waals surface area (Å²) in [7, 11) is 0. The van der Waals surface area contributed by atoms with Crippen molar-refractivity contribution >= 4 is 11.1 Å². The molecule has 0 aliphatic carbocycles. The standard InChI is InChI=1S/C32H27F3N2O2/c1-22-19-27-23(20-36(22)21-31(33,34)35)17-18-28-29(27)39-30(38)37(28)32(24-11-5-2-6-12-24,25-13-7-3-8-14-25)26-15-9-4-10-16-26/h2-18,22H,19-21H2,1H3/t22-/m1/s1. The smallest absolute Gasteiger partial charge is 0.407 e. The minimum Gasteiger partial charge on any atom is -0.407 e. The zero-order valence-corrected chi connectivity index (χ0v) is 21.4. The van der Waals surface area contributed by atoms with Gasteiger partial charge >= 0.3 is 11.9 Å². The van der Waals surface area contributed by atoms with Gasteiger partial charge in [-0.15, -0.1) is 0 Å². The van der Waals surface area contributed by atoms with Crippen molar-refractivity contribution in [2.45, 2.75) is 37.6 Å². The molecule has 1 aromatic heterocycles. The van der Waals surface area contributed by atoms with E-state index in [1.807, 2.05) is 103 Å². The topological polar surface area (TPSA) is 38.4 Å². The molecule has 4 aromatic carbocycles. The average Bonchev–Trinajstić information content (AvgIpc) is 3.27. The maximum absolute atomic E-state index is 14.0. The predicted molar refractivity (Wildman–Crippen MR) is 145 cm³/mol. The molecule has 7 heteroatoms. The first-order chi connectivity index (χ1) is 18.8. The molecule has 39 heavy (non-hydrogen) atoms. The molecule has 198 valence electrons. The number of halogens is 3. The van der Waals surface area contributed by atoms with Crippen LogP contribution in [0.3, 0.4) is 0 Å². The third kappa shape index (κ3) is 4.27. The van der Waals surface area contributed by atoms with Crippen LogP contribution >= 0.6 is 0 Å². The fourth-order valence-electron chi connectivity index (χ4n) is 6.03. The molecule has 6 rings (SSSR count). The Labute approximate surface area is 223 Å². The van der Waals surface area contributed by atoms with E-state index in [1.165, 1.54) is 4.90 Å². The predicted octanol–water partition coefficient (Wildman–Crippen LogP) is 6.74. The van der Waals surface area contributed by atoms with Crippen LogP contribution in [-0.4, -0.2) is 28.2 Å². The van der Waals surface area contributed by atoms with Gasteiger partial charge in [-0.1, -0.05) is 97.1 Å². The van der Waals surface area contributed by atoms with Crippen LogP contribution in [0.1, 0.15) is 34.7 Å². The maximum Gasteiger partial charge on any atom is 0.421 e. The van der Waals surface area contributed by atoms with Gasteiger partial charge < -0.3 is 4.42 Å². The third-order valence-corrected chi connectivity index (χ3v) is 7.74. The van der Waals surface area contributed by atoms with Gasteiger partial charge in [0.05, 0.1) is 12.1 Å². The van der Waals surface area contributed by atoms with Gasteiger partial charge in [0.25, 0.3) is 0 Å². The van der Waals surface area contributed by atoms with Crippen molar-refractivity contribution in [1.82, 2.24) is 9.47 Å². The second kappa shape index (κ2) is 9.58. The number of nitrogens with zero attached hydrogens (tertiary/aromatic N) is 2. The first-order valence-electron chi connectivity index (χ1n) is 12.9. The molecular formula is C32H27F3N2O2. The normalized spacial score (nSPS) is 16.4. The fourth-order valence-corrected chi connectivity index (χ4v) is 6.03. The molecule has 4 nitrogen and oxygen atoms in total. The second-order valence-corrected chi connectivity index (χ2v) is 10.1. The average molecular weight is 529 g/mol. The Balaban J connectivity index is 1.64. The van der Waals surface area contributed by atoms with Gasteiger partial charge in [0.2, 0.25) is 0 Å². The van der Waals surface area contributed by atoms with Gasteiger partial charge in [-0.05, 0) is 41.7 Å². The van der Waals surface area contributed by atoms with Crippen LogP contribution in [0.5, 0.6) is 0 Å². The number of benzene rings is 4. The second-order valence-electron chi connectivity index (χ2n) is 10.1. The lowest BCUT2D eigenvalue weighted by Crippen LogP contribution is -2.44. The third-order valence-electron chi connectivity index (χ3n) is 7.74. The summed E-state index contributed by atoms with van der Waals surface area (Å²) in [6.07, 6.45) is -3.93. The van der Waals surface area contributed by atoms with E-state index in [0.29, 0.717) is 17.5 Å². The van der Waals surface area contributed by atoms with Gasteiger partial charge in [0.15, 0.2) is 5.58 Å². The van der Waals surface area contributed by atoms with E-state index in [2.05, 4.69) is 0 Å². The molecule has 1 atom stereocenters. The Morgan fingerprint density at radius 3 is 1.79 bits per heavy atom. The van der Waals surface area contributed by atoms with Crippen molar-refractivity contribution in [2.24, 2.45) is 0 Å². The van der Waals surface area contributed by atoms with Gasteiger partial charge in [-0.3, -0.25) is 9.47 Å². The van der Waals surface area contributed by atoms with E-state index in [0.717, 1.165) is 27.8 Å². The van der Waals surface area contributed by atoms with Crippen molar-refractivity contribution in [2.75, 3.05) is 6.54 Å². The van der Waals surface area contributed by atoms with Crippen LogP contribution in [0.25, 0.3) is 11.1 Å². The Bertz CT molecular complexity index is 1560. The maximum atomic E-state index is 14.0. The Morgan fingerprint density at radius 1 is 0.795 bits per heavy atom. The summed E-state index contributed by atoms with van der Waals surface area (Å²) in [6.45, 7) is 0.947. The van der Waals surface area contributed by atoms with Crippen molar-refractivity contribution < 1.29 is 17.6 Å². The van der Waals surface area contributed by atoms with Gasteiger partial charge in [0, 0.05) is 18.2 Å². The largest absolute Gasteiger partial charge is 0.421 e. The van der Waals surface area contributed by atoms with Crippen LogP contribution in [0.15, 0.2) is 112 Å². The molecular weight excluding hydrogens is 501 g/mol. The van der Waals surface area contributed by atoms with E-state index in [1.54, 1.807) is 11.5 Å². The zero-order valence-electron chi connectivity index (χ0n) is 21.4. The van der Waals surface area contributed by atoms with Gasteiger partial charge in [-0.2, -0.15) is 13.2 Å². The number of rotatable bonds is 5. The lowest BCUT2D eigenvalue weighted by molar-refractivity contribution is -0.152. The first-order valence-corrected chi connectivity index (χ1v) is 12.9. The Hall–Kier alpha value is -4.10. The molecule has 0 fully saturated rings. The molecule has 0 bridgehead atoms. The fraction of sp³-hybridized carbons (Fsp3) is 0.219. The Morgan fingerprint density at radius 2 is 1.31 bits per heavy atom. The summed E-state index contributed by atoms with van der Waals surface area (Å²) in [5.74, 6) is -0.527. The summed E-state index contributed by atoms with van der Waals surface area (Å²) in [5.41, 5.74) is 4.17. The zero-order chi connectivity index (χ0) is 27.2. The lowest BCUT2D eigenvalue weighted by Gasteiger charge is -2.37. The van der Waals surface area contributed by atoms with Crippen molar-refractivity contribution in [1.29, 1.82) is 0 Å². The van der Waals surface area contributed by atoms with E-state index in [-0.39, 0.29) is 12.6 Å². The molecule has 0 radical (unpaired) electrons. The molecule has 1 aliphatic heterocycles. The number of hydrogen-bond acceptors (Lipinski definition) is 3. The van der Waals surface area contributed by atoms with Crippen molar-refractivity contribution in [3.63, 3.8) is 0 Å². The molecule has 0 N–H and O–H groups in total. The van der Waals surface area contributed by atoms with E-state index in [9.17, 15) is 18.0 Å². The van der Waals surface area contributed by atoms with Gasteiger partial charge in [0.1, 0.15) is 5.54 Å². The first kappa shape index (κ1) is 25.2. The summed E-state index contributed by atoms with van der Waals surface area (Å²) < 4.78 is 47.3. The molecule has 0 unspecified atom stereocenters. The quantitative estimate of drug-likeness (QED) is 0.237. The van der Waals surface area contributed by atoms with Crippen molar-refractivity contribution in [3.05, 3.63) is 141 Å². The van der Waals surface area contributed by atoms with E-state index < -0.39 is 24.0 Å². The number of oxazole rings is 1. The number of alkyl halides is 3. The lowest BCUT2D eigenvalue weighted by atomic mass is 9.76. The minimum atomic E-state index is -4.29. The summed E-state index contributed by atoms with van der Waals surface area (Å²) in [6, 6.07) is 32.8. The summed E-state index contributed by atoms with van der Waals surface area (Å²) in [4.78, 5) is 15.4. The number of aromatic nitrogens is 1. The SMILES string of the molecule is C[C@@H]1Cc2c(ccc3c2oc(=O)n3C(c2ccccc2)(c2ccccc2)c2ccccc2)CN1CC(F)(F)F. The molecule has 0 amide bonds.